The van der Waals surface area contributed by atoms with Crippen molar-refractivity contribution in [2.75, 3.05) is 6.61 Å². The first-order chi connectivity index (χ1) is 9.19. The third-order valence-corrected chi connectivity index (χ3v) is 3.06. The number of pyridine rings is 1. The maximum atomic E-state index is 13.0. The molecule has 1 rings (SSSR count). The van der Waals surface area contributed by atoms with Crippen molar-refractivity contribution in [3.63, 3.8) is 0 Å². The Balaban J connectivity index is 2.90. The van der Waals surface area contributed by atoms with Crippen LogP contribution in [0.25, 0.3) is 0 Å². The summed E-state index contributed by atoms with van der Waals surface area (Å²) in [6, 6.07) is 1.66. The molecule has 0 aliphatic heterocycles. The Hall–Kier alpha value is -1.10. The van der Waals surface area contributed by atoms with Gasteiger partial charge in [-0.05, 0) is 30.0 Å². The highest BCUT2D eigenvalue weighted by molar-refractivity contribution is 7.98. The van der Waals surface area contributed by atoms with E-state index in [1.807, 2.05) is 0 Å². The van der Waals surface area contributed by atoms with Crippen LogP contribution in [0.1, 0.15) is 44.7 Å². The van der Waals surface area contributed by atoms with E-state index in [1.54, 1.807) is 18.5 Å². The van der Waals surface area contributed by atoms with Crippen molar-refractivity contribution in [1.29, 1.82) is 0 Å². The zero-order valence-corrected chi connectivity index (χ0v) is 12.5. The number of rotatable bonds is 7. The monoisotopic (exact) mass is 284 g/mol. The molecule has 0 amide bonds. The molecule has 0 N–H and O–H groups in total. The molecule has 0 saturated carbocycles. The minimum atomic E-state index is -0.541. The van der Waals surface area contributed by atoms with Crippen molar-refractivity contribution in [2.24, 2.45) is 4.40 Å². The largest absolute Gasteiger partial charge is 0.477 e. The molecule has 0 saturated heterocycles. The molecule has 0 spiro atoms. The number of ether oxygens (including phenoxy) is 1. The van der Waals surface area contributed by atoms with E-state index in [4.69, 9.17) is 4.74 Å². The second kappa shape index (κ2) is 8.91. The lowest BCUT2D eigenvalue weighted by Crippen LogP contribution is -2.11. The topological polar surface area (TPSA) is 34.5 Å². The summed E-state index contributed by atoms with van der Waals surface area (Å²) < 4.78 is 23.1. The van der Waals surface area contributed by atoms with Crippen LogP contribution in [0.15, 0.2) is 22.9 Å². The molecule has 5 heteroatoms. The fourth-order valence-electron chi connectivity index (χ4n) is 1.35. The van der Waals surface area contributed by atoms with Gasteiger partial charge >= 0.3 is 0 Å². The highest BCUT2D eigenvalue weighted by atomic mass is 32.2. The number of alkyl halides is 1. The van der Waals surface area contributed by atoms with Crippen LogP contribution in [0.2, 0.25) is 0 Å². The average Bonchev–Trinajstić information content (AvgIpc) is 2.42. The van der Waals surface area contributed by atoms with Crippen LogP contribution in [0.3, 0.4) is 0 Å². The first kappa shape index (κ1) is 16.0. The van der Waals surface area contributed by atoms with Gasteiger partial charge in [0.05, 0.1) is 12.2 Å². The number of hydrogen-bond acceptors (Lipinski definition) is 4. The minimum absolute atomic E-state index is 0.357. The van der Waals surface area contributed by atoms with Crippen LogP contribution in [0.5, 0.6) is 0 Å². The Morgan fingerprint density at radius 1 is 1.53 bits per heavy atom. The Morgan fingerprint density at radius 2 is 2.32 bits per heavy atom. The van der Waals surface area contributed by atoms with E-state index < -0.39 is 6.67 Å². The maximum Gasteiger partial charge on any atom is 0.229 e. The smallest absolute Gasteiger partial charge is 0.229 e. The van der Waals surface area contributed by atoms with Gasteiger partial charge < -0.3 is 4.74 Å². The first-order valence-electron chi connectivity index (χ1n) is 6.54. The van der Waals surface area contributed by atoms with Crippen molar-refractivity contribution in [3.8, 4) is 0 Å². The van der Waals surface area contributed by atoms with E-state index >= 15 is 0 Å². The van der Waals surface area contributed by atoms with Crippen LogP contribution < -0.4 is 0 Å². The summed E-state index contributed by atoms with van der Waals surface area (Å²) in [5.74, 6) is 0.480. The van der Waals surface area contributed by atoms with Gasteiger partial charge in [0.2, 0.25) is 5.90 Å². The molecule has 0 fully saturated rings. The van der Waals surface area contributed by atoms with Gasteiger partial charge in [-0.3, -0.25) is 4.98 Å². The Morgan fingerprint density at radius 3 is 2.95 bits per heavy atom. The lowest BCUT2D eigenvalue weighted by Gasteiger charge is -2.11. The zero-order valence-electron chi connectivity index (χ0n) is 11.7. The molecular formula is C14H21FN2OS. The van der Waals surface area contributed by atoms with E-state index in [1.165, 1.54) is 11.9 Å². The average molecular weight is 284 g/mol. The van der Waals surface area contributed by atoms with E-state index in [2.05, 4.69) is 30.2 Å². The fraction of sp³-hybridized carbons (Fsp3) is 0.571. The maximum absolute atomic E-state index is 13.0. The van der Waals surface area contributed by atoms with Gasteiger partial charge in [-0.15, -0.1) is 0 Å². The van der Waals surface area contributed by atoms with Gasteiger partial charge in [0, 0.05) is 17.6 Å². The molecule has 1 aromatic heterocycles. The van der Waals surface area contributed by atoms with Crippen LogP contribution >= 0.6 is 11.9 Å². The summed E-state index contributed by atoms with van der Waals surface area (Å²) in [6.07, 6.45) is 5.20. The Kier molecular flexibility index (Phi) is 7.48. The normalized spacial score (nSPS) is 11.9. The highest BCUT2D eigenvalue weighted by Crippen LogP contribution is 2.17. The van der Waals surface area contributed by atoms with E-state index in [0.29, 0.717) is 28.9 Å². The Labute approximate surface area is 118 Å². The molecule has 0 unspecified atom stereocenters. The molecule has 0 aliphatic carbocycles. The first-order valence-corrected chi connectivity index (χ1v) is 7.38. The van der Waals surface area contributed by atoms with Crippen LogP contribution in [0.4, 0.5) is 4.39 Å². The zero-order chi connectivity index (χ0) is 14.1. The predicted molar refractivity (Wildman–Crippen MR) is 79.2 cm³/mol. The molecule has 106 valence electrons. The van der Waals surface area contributed by atoms with Gasteiger partial charge in [-0.25, -0.2) is 4.39 Å². The van der Waals surface area contributed by atoms with Gasteiger partial charge in [0.15, 0.2) is 0 Å². The molecule has 1 heterocycles. The van der Waals surface area contributed by atoms with Crippen molar-refractivity contribution < 1.29 is 9.13 Å². The van der Waals surface area contributed by atoms with Crippen molar-refractivity contribution in [3.05, 3.63) is 29.6 Å². The second-order valence-electron chi connectivity index (χ2n) is 4.42. The second-order valence-corrected chi connectivity index (χ2v) is 5.76. The van der Waals surface area contributed by atoms with Gasteiger partial charge in [-0.2, -0.15) is 4.40 Å². The lowest BCUT2D eigenvalue weighted by molar-refractivity contribution is 0.298. The predicted octanol–water partition coefficient (Wildman–Crippen LogP) is 4.17. The lowest BCUT2D eigenvalue weighted by atomic mass is 10.1. The highest BCUT2D eigenvalue weighted by Gasteiger charge is 2.11. The van der Waals surface area contributed by atoms with Crippen LogP contribution in [0, 0.1) is 0 Å². The third-order valence-electron chi connectivity index (χ3n) is 2.37. The fourth-order valence-corrected chi connectivity index (χ4v) is 1.81. The summed E-state index contributed by atoms with van der Waals surface area (Å²) >= 11 is 1.42. The number of halogens is 1. The van der Waals surface area contributed by atoms with E-state index in [-0.39, 0.29) is 0 Å². The van der Waals surface area contributed by atoms with E-state index in [9.17, 15) is 4.39 Å². The molecule has 0 aliphatic rings. The number of aromatic nitrogens is 1. The summed E-state index contributed by atoms with van der Waals surface area (Å²) in [4.78, 5) is 4.03. The quantitative estimate of drug-likeness (QED) is 0.326. The summed E-state index contributed by atoms with van der Waals surface area (Å²) in [5, 5.41) is 0.357. The number of nitrogens with zero attached hydrogens (tertiary/aromatic N) is 2. The number of unbranched alkanes of at least 4 members (excludes halogenated alkanes) is 1. The van der Waals surface area contributed by atoms with Gasteiger partial charge in [-0.1, -0.05) is 27.2 Å². The molecule has 0 bridgehead atoms. The third kappa shape index (κ3) is 5.59. The van der Waals surface area contributed by atoms with Crippen molar-refractivity contribution in [2.45, 2.75) is 45.5 Å². The Bertz CT molecular complexity index is 410. The van der Waals surface area contributed by atoms with Crippen molar-refractivity contribution in [1.82, 2.24) is 4.98 Å². The summed E-state index contributed by atoms with van der Waals surface area (Å²) in [5.41, 5.74) is 1.21. The minimum Gasteiger partial charge on any atom is -0.477 e. The number of hydrogen-bond donors (Lipinski definition) is 0. The molecule has 0 atom stereocenters. The molecule has 0 aromatic carbocycles. The SMILES string of the molecule is CCCCOC(=NSC(C)C)c1cnccc1CF. The van der Waals surface area contributed by atoms with Crippen LogP contribution in [-0.2, 0) is 11.4 Å². The molecule has 0 radical (unpaired) electrons. The van der Waals surface area contributed by atoms with Gasteiger partial charge in [0.25, 0.3) is 0 Å². The van der Waals surface area contributed by atoms with Gasteiger partial charge in [0.1, 0.15) is 6.67 Å². The standard InChI is InChI=1S/C14H21FN2OS/c1-4-5-8-18-14(17-19-11(2)3)13-10-16-7-6-12(13)9-15/h6-7,10-11H,4-5,8-9H2,1-3H3. The summed E-state index contributed by atoms with van der Waals surface area (Å²) in [7, 11) is 0. The molecular weight excluding hydrogens is 263 g/mol. The van der Waals surface area contributed by atoms with Crippen molar-refractivity contribution >= 4 is 17.8 Å². The molecule has 1 aromatic rings. The molecule has 19 heavy (non-hydrogen) atoms. The summed E-state index contributed by atoms with van der Waals surface area (Å²) in [6.45, 7) is 6.25. The molecule has 3 nitrogen and oxygen atoms in total. The van der Waals surface area contributed by atoms with Crippen LogP contribution in [-0.4, -0.2) is 22.7 Å². The van der Waals surface area contributed by atoms with E-state index in [0.717, 1.165) is 12.8 Å².